The summed E-state index contributed by atoms with van der Waals surface area (Å²) in [5.41, 5.74) is 9.77. The number of fused-ring (bicyclic) bond motifs is 2. The van der Waals surface area contributed by atoms with E-state index in [1.54, 1.807) is 0 Å². The number of ketones is 1. The Kier molecular flexibility index (Phi) is 4.83. The summed E-state index contributed by atoms with van der Waals surface area (Å²) >= 11 is 0. The van der Waals surface area contributed by atoms with Crippen LogP contribution in [0.25, 0.3) is 5.57 Å². The molecular weight excluding hydrogens is 352 g/mol. The van der Waals surface area contributed by atoms with Gasteiger partial charge in [-0.05, 0) is 65.5 Å². The van der Waals surface area contributed by atoms with E-state index in [-0.39, 0.29) is 5.92 Å². The number of carbonyl (C=O) groups excluding carboxylic acids is 1. The number of benzene rings is 2. The topological polar surface area (TPSA) is 17.1 Å². The predicted molar refractivity (Wildman–Crippen MR) is 120 cm³/mol. The Morgan fingerprint density at radius 3 is 2.66 bits per heavy atom. The summed E-state index contributed by atoms with van der Waals surface area (Å²) in [6, 6.07) is 17.2. The van der Waals surface area contributed by atoms with Crippen molar-refractivity contribution in [3.05, 3.63) is 100 Å². The maximum absolute atomic E-state index is 13.0. The minimum Gasteiger partial charge on any atom is -0.299 e. The van der Waals surface area contributed by atoms with Gasteiger partial charge >= 0.3 is 0 Å². The molecule has 2 atom stereocenters. The number of hydrogen-bond acceptors (Lipinski definition) is 1. The maximum atomic E-state index is 13.0. The van der Waals surface area contributed by atoms with E-state index in [1.807, 2.05) is 0 Å². The largest absolute Gasteiger partial charge is 0.299 e. The molecule has 0 aromatic heterocycles. The Hall–Kier alpha value is -2.67. The van der Waals surface area contributed by atoms with Crippen molar-refractivity contribution in [2.75, 3.05) is 0 Å². The number of hydrogen-bond donors (Lipinski definition) is 0. The van der Waals surface area contributed by atoms with Crippen LogP contribution in [0.5, 0.6) is 0 Å². The predicted octanol–water partition coefficient (Wildman–Crippen LogP) is 6.60. The van der Waals surface area contributed by atoms with Crippen LogP contribution in [0.15, 0.2) is 77.9 Å². The van der Waals surface area contributed by atoms with Crippen LogP contribution in [-0.2, 0) is 17.6 Å². The van der Waals surface area contributed by atoms with Gasteiger partial charge in [-0.15, -0.1) is 0 Å². The highest BCUT2D eigenvalue weighted by Crippen LogP contribution is 2.44. The zero-order chi connectivity index (χ0) is 19.8. The zero-order valence-electron chi connectivity index (χ0n) is 17.2. The quantitative estimate of drug-likeness (QED) is 0.552. The molecule has 0 radical (unpaired) electrons. The highest BCUT2D eigenvalue weighted by atomic mass is 16.1. The number of aryl methyl sites for hydroxylation is 1. The molecule has 2 unspecified atom stereocenters. The number of allylic oxidation sites excluding steroid dienone is 6. The Bertz CT molecular complexity index is 1050. The van der Waals surface area contributed by atoms with Crippen molar-refractivity contribution in [2.24, 2.45) is 5.92 Å². The van der Waals surface area contributed by atoms with Crippen LogP contribution < -0.4 is 0 Å². The van der Waals surface area contributed by atoms with Crippen molar-refractivity contribution in [1.82, 2.24) is 0 Å². The van der Waals surface area contributed by atoms with Gasteiger partial charge in [0.25, 0.3) is 0 Å². The van der Waals surface area contributed by atoms with E-state index in [0.29, 0.717) is 18.1 Å². The summed E-state index contributed by atoms with van der Waals surface area (Å²) in [4.78, 5) is 13.0. The second kappa shape index (κ2) is 7.63. The van der Waals surface area contributed by atoms with Gasteiger partial charge in [0.05, 0.1) is 0 Å². The van der Waals surface area contributed by atoms with Crippen molar-refractivity contribution in [3.8, 4) is 0 Å². The fraction of sp³-hybridized carbons (Fsp3) is 0.321. The molecule has 2 aromatic carbocycles. The van der Waals surface area contributed by atoms with Gasteiger partial charge in [-0.2, -0.15) is 0 Å². The third-order valence-corrected chi connectivity index (χ3v) is 7.03. The van der Waals surface area contributed by atoms with E-state index >= 15 is 0 Å². The van der Waals surface area contributed by atoms with Crippen LogP contribution >= 0.6 is 0 Å². The summed E-state index contributed by atoms with van der Waals surface area (Å²) < 4.78 is 0. The average molecular weight is 381 g/mol. The fourth-order valence-corrected chi connectivity index (χ4v) is 5.54. The van der Waals surface area contributed by atoms with E-state index in [4.69, 9.17) is 0 Å². The van der Waals surface area contributed by atoms with E-state index in [2.05, 4.69) is 73.7 Å². The average Bonchev–Trinajstić information content (AvgIpc) is 3.47. The van der Waals surface area contributed by atoms with Crippen molar-refractivity contribution in [2.45, 2.75) is 51.4 Å². The molecule has 1 heteroatoms. The van der Waals surface area contributed by atoms with Crippen LogP contribution in [0.1, 0.15) is 60.8 Å². The van der Waals surface area contributed by atoms with E-state index < -0.39 is 0 Å². The molecular formula is C28H28O. The lowest BCUT2D eigenvalue weighted by Gasteiger charge is -2.20. The van der Waals surface area contributed by atoms with Crippen molar-refractivity contribution >= 4 is 11.4 Å². The van der Waals surface area contributed by atoms with E-state index in [9.17, 15) is 4.79 Å². The van der Waals surface area contributed by atoms with Gasteiger partial charge in [0.15, 0.2) is 0 Å². The number of rotatable bonds is 6. The molecule has 0 fully saturated rings. The Labute approximate surface area is 173 Å². The SMILES string of the molecule is CCC1C(CCC(=O)C2CCc3ccccc32)=CC=C1C1=CCc2ccccc21. The Balaban J connectivity index is 1.26. The maximum Gasteiger partial charge on any atom is 0.140 e. The van der Waals surface area contributed by atoms with Gasteiger partial charge in [-0.1, -0.05) is 79.3 Å². The smallest absolute Gasteiger partial charge is 0.140 e. The monoisotopic (exact) mass is 380 g/mol. The lowest BCUT2D eigenvalue weighted by atomic mass is 9.84. The first-order chi connectivity index (χ1) is 14.3. The van der Waals surface area contributed by atoms with Crippen molar-refractivity contribution in [3.63, 3.8) is 0 Å². The third-order valence-electron chi connectivity index (χ3n) is 7.03. The minimum atomic E-state index is 0.116. The van der Waals surface area contributed by atoms with Gasteiger partial charge in [-0.25, -0.2) is 0 Å². The van der Waals surface area contributed by atoms with Gasteiger partial charge < -0.3 is 0 Å². The molecule has 0 heterocycles. The Morgan fingerprint density at radius 2 is 1.79 bits per heavy atom. The molecule has 5 rings (SSSR count). The van der Waals surface area contributed by atoms with Gasteiger partial charge in [0.1, 0.15) is 5.78 Å². The van der Waals surface area contributed by atoms with Crippen molar-refractivity contribution < 1.29 is 4.79 Å². The summed E-state index contributed by atoms with van der Waals surface area (Å²) in [6.45, 7) is 2.27. The van der Waals surface area contributed by atoms with Crippen LogP contribution in [0.2, 0.25) is 0 Å². The first-order valence-electron chi connectivity index (χ1n) is 11.1. The molecule has 2 aromatic rings. The van der Waals surface area contributed by atoms with Gasteiger partial charge in [-0.3, -0.25) is 4.79 Å². The first-order valence-corrected chi connectivity index (χ1v) is 11.1. The molecule has 0 amide bonds. The summed E-state index contributed by atoms with van der Waals surface area (Å²) in [7, 11) is 0. The zero-order valence-corrected chi connectivity index (χ0v) is 17.2. The molecule has 29 heavy (non-hydrogen) atoms. The van der Waals surface area contributed by atoms with Gasteiger partial charge in [0, 0.05) is 18.3 Å². The van der Waals surface area contributed by atoms with E-state index in [1.165, 1.54) is 39.0 Å². The van der Waals surface area contributed by atoms with Crippen molar-refractivity contribution in [1.29, 1.82) is 0 Å². The van der Waals surface area contributed by atoms with Crippen LogP contribution in [0, 0.1) is 5.92 Å². The first kappa shape index (κ1) is 18.4. The molecule has 0 bridgehead atoms. The Morgan fingerprint density at radius 1 is 1.00 bits per heavy atom. The fourth-order valence-electron chi connectivity index (χ4n) is 5.54. The second-order valence-electron chi connectivity index (χ2n) is 8.56. The van der Waals surface area contributed by atoms with Crippen LogP contribution in [0.4, 0.5) is 0 Å². The minimum absolute atomic E-state index is 0.116. The standard InChI is InChI=1S/C28H28O/c1-2-22-21(12-15-25(22)26-16-11-19-7-3-5-9-23(19)26)14-18-28(29)27-17-13-20-8-4-6-10-24(20)27/h3-10,12,15-16,22,27H,2,11,13-14,17-18H2,1H3. The normalized spacial score (nSPS) is 22.0. The molecule has 3 aliphatic rings. The highest BCUT2D eigenvalue weighted by molar-refractivity contribution is 5.88. The molecule has 0 aliphatic heterocycles. The molecule has 0 spiro atoms. The molecule has 146 valence electrons. The van der Waals surface area contributed by atoms with E-state index in [0.717, 1.165) is 32.1 Å². The summed E-state index contributed by atoms with van der Waals surface area (Å²) in [5.74, 6) is 0.991. The summed E-state index contributed by atoms with van der Waals surface area (Å²) in [5, 5.41) is 0. The van der Waals surface area contributed by atoms with Crippen LogP contribution in [0.3, 0.4) is 0 Å². The highest BCUT2D eigenvalue weighted by Gasteiger charge is 2.30. The number of carbonyl (C=O) groups is 1. The lowest BCUT2D eigenvalue weighted by molar-refractivity contribution is -0.120. The third kappa shape index (κ3) is 3.23. The second-order valence-corrected chi connectivity index (χ2v) is 8.56. The molecule has 1 nitrogen and oxygen atoms in total. The number of Topliss-reactive ketones (excluding diaryl/α,β-unsaturated/α-hetero) is 1. The van der Waals surface area contributed by atoms with Gasteiger partial charge in [0.2, 0.25) is 0 Å². The molecule has 0 N–H and O–H groups in total. The van der Waals surface area contributed by atoms with Crippen LogP contribution in [-0.4, -0.2) is 5.78 Å². The lowest BCUT2D eigenvalue weighted by Crippen LogP contribution is -2.12. The summed E-state index contributed by atoms with van der Waals surface area (Å²) in [6.07, 6.45) is 12.7. The molecule has 0 saturated carbocycles. The molecule has 3 aliphatic carbocycles. The molecule has 0 saturated heterocycles.